The van der Waals surface area contributed by atoms with Gasteiger partial charge in [0.15, 0.2) is 10.8 Å². The molecule has 0 saturated carbocycles. The van der Waals surface area contributed by atoms with Crippen molar-refractivity contribution in [3.8, 4) is 5.75 Å². The van der Waals surface area contributed by atoms with Gasteiger partial charge in [0, 0.05) is 5.38 Å². The summed E-state index contributed by atoms with van der Waals surface area (Å²) in [5.41, 5.74) is 5.32. The number of nitrogen functional groups attached to an aromatic ring is 1. The lowest BCUT2D eigenvalue weighted by Crippen LogP contribution is -2.11. The fourth-order valence-electron chi connectivity index (χ4n) is 1.20. The van der Waals surface area contributed by atoms with Crippen LogP contribution < -0.4 is 10.5 Å². The summed E-state index contributed by atoms with van der Waals surface area (Å²) in [4.78, 5) is 30.3. The molecule has 0 bridgehead atoms. The van der Waals surface area contributed by atoms with Crippen molar-refractivity contribution in [3.63, 3.8) is 0 Å². The average Bonchev–Trinajstić information content (AvgIpc) is 2.87. The number of thiazole rings is 1. The highest BCUT2D eigenvalue weighted by Crippen LogP contribution is 2.12. The van der Waals surface area contributed by atoms with Crippen LogP contribution in [0.2, 0.25) is 0 Å². The quantitative estimate of drug-likeness (QED) is 0.302. The van der Waals surface area contributed by atoms with Crippen molar-refractivity contribution in [2.45, 2.75) is 0 Å². The van der Waals surface area contributed by atoms with Gasteiger partial charge in [0.05, 0.1) is 0 Å². The van der Waals surface area contributed by atoms with E-state index >= 15 is 0 Å². The summed E-state index contributed by atoms with van der Waals surface area (Å²) < 4.78 is 4.81. The summed E-state index contributed by atoms with van der Waals surface area (Å²) in [6, 6.07) is 8.28. The number of hydrogen-bond acceptors (Lipinski definition) is 8. The number of ether oxygens (including phenoxy) is 1. The molecule has 2 rings (SSSR count). The molecule has 101 valence electrons. The van der Waals surface area contributed by atoms with Crippen LogP contribution in [-0.4, -0.2) is 23.1 Å². The van der Waals surface area contributed by atoms with Gasteiger partial charge in [-0.3, -0.25) is 9.63 Å². The van der Waals surface area contributed by atoms with E-state index in [1.165, 1.54) is 11.7 Å². The van der Waals surface area contributed by atoms with Crippen molar-refractivity contribution < 1.29 is 19.2 Å². The van der Waals surface area contributed by atoms with E-state index in [1.807, 2.05) is 0 Å². The molecule has 0 aliphatic heterocycles. The monoisotopic (exact) mass is 290 g/mol. The van der Waals surface area contributed by atoms with Crippen LogP contribution in [0.3, 0.4) is 0 Å². The first-order chi connectivity index (χ1) is 9.69. The maximum absolute atomic E-state index is 11.3. The Morgan fingerprint density at radius 2 is 2.10 bits per heavy atom. The molecule has 1 aromatic carbocycles. The number of benzene rings is 1. The van der Waals surface area contributed by atoms with E-state index in [1.54, 1.807) is 30.3 Å². The lowest BCUT2D eigenvalue weighted by Gasteiger charge is -2.00. The second-order valence-electron chi connectivity index (χ2n) is 3.37. The molecule has 1 heterocycles. The van der Waals surface area contributed by atoms with Gasteiger partial charge in [-0.05, 0) is 12.1 Å². The van der Waals surface area contributed by atoms with E-state index in [9.17, 15) is 9.59 Å². The molecule has 0 unspecified atom stereocenters. The van der Waals surface area contributed by atoms with Gasteiger partial charge in [0.25, 0.3) is 6.29 Å². The van der Waals surface area contributed by atoms with Gasteiger partial charge in [0.1, 0.15) is 11.4 Å². The summed E-state index contributed by atoms with van der Waals surface area (Å²) in [5, 5.41) is 5.08. The minimum absolute atomic E-state index is 0.176. The molecule has 0 fully saturated rings. The third-order valence-electron chi connectivity index (χ3n) is 2.02. The minimum atomic E-state index is -1.08. The van der Waals surface area contributed by atoms with Crippen molar-refractivity contribution in [3.05, 3.63) is 41.4 Å². The third kappa shape index (κ3) is 3.62. The Hall–Kier alpha value is -2.74. The zero-order chi connectivity index (χ0) is 14.4. The molecule has 1 aromatic heterocycles. The fraction of sp³-hybridized carbons (Fsp3) is 0. The predicted molar refractivity (Wildman–Crippen MR) is 72.3 cm³/mol. The highest BCUT2D eigenvalue weighted by atomic mass is 32.1. The van der Waals surface area contributed by atoms with Crippen LogP contribution in [-0.2, 0) is 9.63 Å². The number of nitrogens with two attached hydrogens (primary N) is 1. The molecule has 0 spiro atoms. The van der Waals surface area contributed by atoms with Crippen molar-refractivity contribution in [1.82, 2.24) is 4.98 Å². The summed E-state index contributed by atoms with van der Waals surface area (Å²) >= 11 is 1.12. The van der Waals surface area contributed by atoms with Crippen LogP contribution in [0.5, 0.6) is 5.75 Å². The Kier molecular flexibility index (Phi) is 4.40. The van der Waals surface area contributed by atoms with Crippen molar-refractivity contribution >= 4 is 34.6 Å². The average molecular weight is 290 g/mol. The number of para-hydroxylation sites is 1. The molecular weight excluding hydrogens is 282 g/mol. The van der Waals surface area contributed by atoms with Crippen LogP contribution in [0.4, 0.5) is 9.93 Å². The Morgan fingerprint density at radius 3 is 2.70 bits per heavy atom. The Bertz CT molecular complexity index is 639. The highest BCUT2D eigenvalue weighted by molar-refractivity contribution is 7.13. The van der Waals surface area contributed by atoms with Crippen molar-refractivity contribution in [2.75, 3.05) is 5.73 Å². The Labute approximate surface area is 117 Å². The fourth-order valence-corrected chi connectivity index (χ4v) is 1.75. The molecule has 0 aliphatic rings. The molecule has 7 nitrogen and oxygen atoms in total. The molecule has 0 amide bonds. The first kappa shape index (κ1) is 13.7. The van der Waals surface area contributed by atoms with E-state index in [0.29, 0.717) is 5.75 Å². The van der Waals surface area contributed by atoms with Gasteiger partial charge in [-0.15, -0.1) is 11.3 Å². The largest absolute Gasteiger partial charge is 0.540 e. The van der Waals surface area contributed by atoms with Crippen LogP contribution >= 0.6 is 11.3 Å². The number of aromatic nitrogens is 1. The first-order valence-electron chi connectivity index (χ1n) is 5.30. The number of nitrogens with zero attached hydrogens (tertiary/aromatic N) is 2. The van der Waals surface area contributed by atoms with Crippen molar-refractivity contribution in [2.24, 2.45) is 5.16 Å². The highest BCUT2D eigenvalue weighted by Gasteiger charge is 2.11. The molecule has 0 saturated heterocycles. The smallest absolute Gasteiger partial charge is 0.393 e. The predicted octanol–water partition coefficient (Wildman–Crippen LogP) is 1.75. The maximum Gasteiger partial charge on any atom is 0.540 e. The molecule has 0 aliphatic carbocycles. The van der Waals surface area contributed by atoms with Crippen LogP contribution in [0.25, 0.3) is 0 Å². The van der Waals surface area contributed by atoms with Gasteiger partial charge in [-0.2, -0.15) is 0 Å². The molecule has 1 radical (unpaired) electrons. The Balaban J connectivity index is 2.00. The standard InChI is InChI=1S/C12H8N3O4S/c13-11-14-10(7-20-11)9(6-16)15-19-12(17)18-8-4-2-1-3-5-8/h1-5,7H,(H2,13,14)/b15-9+. The van der Waals surface area contributed by atoms with Crippen molar-refractivity contribution in [1.29, 1.82) is 0 Å². The zero-order valence-corrected chi connectivity index (χ0v) is 10.8. The zero-order valence-electron chi connectivity index (χ0n) is 9.98. The molecule has 8 heteroatoms. The van der Waals surface area contributed by atoms with E-state index in [0.717, 1.165) is 11.3 Å². The normalized spacial score (nSPS) is 10.9. The molecule has 2 aromatic rings. The van der Waals surface area contributed by atoms with Gasteiger partial charge < -0.3 is 10.5 Å². The van der Waals surface area contributed by atoms with Gasteiger partial charge in [0.2, 0.25) is 0 Å². The lowest BCUT2D eigenvalue weighted by molar-refractivity contribution is 0.103. The van der Waals surface area contributed by atoms with Gasteiger partial charge in [-0.25, -0.2) is 9.78 Å². The molecule has 0 atom stereocenters. The number of carbonyl (C=O) groups excluding carboxylic acids is 2. The Morgan fingerprint density at radius 1 is 1.35 bits per heavy atom. The van der Waals surface area contributed by atoms with E-state index < -0.39 is 6.16 Å². The summed E-state index contributed by atoms with van der Waals surface area (Å²) in [6.45, 7) is 0. The van der Waals surface area contributed by atoms with Crippen LogP contribution in [0.1, 0.15) is 5.69 Å². The number of oxime groups is 1. The second-order valence-corrected chi connectivity index (χ2v) is 4.26. The summed E-state index contributed by atoms with van der Waals surface area (Å²) in [7, 11) is 0. The SMILES string of the molecule is Nc1nc(/C([C]=O)=N/OC(=O)Oc2ccccc2)cs1. The third-order valence-corrected chi connectivity index (χ3v) is 2.69. The topological polar surface area (TPSA) is 104 Å². The van der Waals surface area contributed by atoms with Crippen LogP contribution in [0, 0.1) is 0 Å². The maximum atomic E-state index is 11.3. The number of hydrogen-bond donors (Lipinski definition) is 1. The first-order valence-corrected chi connectivity index (χ1v) is 6.18. The minimum Gasteiger partial charge on any atom is -0.393 e. The number of anilines is 1. The number of rotatable bonds is 4. The second kappa shape index (κ2) is 6.43. The van der Waals surface area contributed by atoms with Gasteiger partial charge >= 0.3 is 6.16 Å². The lowest BCUT2D eigenvalue weighted by atomic mass is 10.3. The van der Waals surface area contributed by atoms with Crippen LogP contribution in [0.15, 0.2) is 40.9 Å². The number of carbonyl (C=O) groups is 1. The molecular formula is C12H8N3O4S. The van der Waals surface area contributed by atoms with E-state index in [4.69, 9.17) is 10.5 Å². The van der Waals surface area contributed by atoms with Gasteiger partial charge in [-0.1, -0.05) is 23.4 Å². The molecule has 20 heavy (non-hydrogen) atoms. The van der Waals surface area contributed by atoms with E-state index in [-0.39, 0.29) is 16.5 Å². The summed E-state index contributed by atoms with van der Waals surface area (Å²) in [5.74, 6) is 0.294. The molecule has 2 N–H and O–H groups in total. The van der Waals surface area contributed by atoms with E-state index in [2.05, 4.69) is 15.0 Å². The summed E-state index contributed by atoms with van der Waals surface area (Å²) in [6.07, 6.45) is 0.430.